The number of likely N-dealkylation sites (N-methyl/N-ethyl adjacent to an activating group) is 1. The Balaban J connectivity index is 3.95. The molecule has 0 aliphatic rings. The lowest BCUT2D eigenvalue weighted by Gasteiger charge is -2.24. The van der Waals surface area contributed by atoms with Crippen LogP contribution in [0.1, 0.15) is 78.1 Å². The number of allylic oxidation sites excluding steroid dienone is 1. The molecule has 0 amide bonds. The summed E-state index contributed by atoms with van der Waals surface area (Å²) in [6, 6.07) is -0.543. The van der Waals surface area contributed by atoms with Crippen LogP contribution in [0, 0.1) is 5.92 Å². The van der Waals surface area contributed by atoms with Crippen molar-refractivity contribution in [2.75, 3.05) is 40.9 Å². The highest BCUT2D eigenvalue weighted by Crippen LogP contribution is 2.43. The second kappa shape index (κ2) is 17.2. The molecule has 0 saturated carbocycles. The number of hydrogen-bond donors (Lipinski definition) is 3. The molecule has 7 nitrogen and oxygen atoms in total. The lowest BCUT2D eigenvalue weighted by Crippen LogP contribution is -2.68. The molecule has 4 unspecified atom stereocenters. The van der Waals surface area contributed by atoms with Gasteiger partial charge in [0.2, 0.25) is 0 Å². The minimum Gasteiger partial charge on any atom is -0.383 e. The second-order valence-electron chi connectivity index (χ2n) is 9.84. The number of quaternary nitrogens is 2. The number of aliphatic hydroxyl groups is 1. The molecule has 0 aliphatic heterocycles. The van der Waals surface area contributed by atoms with Gasteiger partial charge in [-0.05, 0) is 12.3 Å². The zero-order valence-corrected chi connectivity index (χ0v) is 21.7. The minimum atomic E-state index is -4.13. The SMILES string of the molecule is CCCCCCCCCCCC(C)C=CC(O)C([NH3+])COP(=O)(O)OCC[N+](C)(C)C. The van der Waals surface area contributed by atoms with Crippen molar-refractivity contribution < 1.29 is 33.8 Å². The molecular weight excluding hydrogens is 415 g/mol. The Labute approximate surface area is 191 Å². The van der Waals surface area contributed by atoms with E-state index in [0.29, 0.717) is 16.9 Å². The molecule has 0 heterocycles. The average molecular weight is 467 g/mol. The van der Waals surface area contributed by atoms with E-state index in [-0.39, 0.29) is 13.2 Å². The fourth-order valence-corrected chi connectivity index (χ4v) is 3.86. The highest BCUT2D eigenvalue weighted by atomic mass is 31.2. The third-order valence-electron chi connectivity index (χ3n) is 5.35. The van der Waals surface area contributed by atoms with Gasteiger partial charge in [-0.25, -0.2) is 4.57 Å². The molecule has 0 saturated heterocycles. The topological polar surface area (TPSA) is 104 Å². The number of unbranched alkanes of at least 4 members (excludes halogenated alkanes) is 8. The van der Waals surface area contributed by atoms with Crippen molar-refractivity contribution in [1.82, 2.24) is 0 Å². The van der Waals surface area contributed by atoms with Gasteiger partial charge in [0.05, 0.1) is 21.1 Å². The maximum Gasteiger partial charge on any atom is 0.472 e. The molecule has 8 heteroatoms. The summed E-state index contributed by atoms with van der Waals surface area (Å²) in [4.78, 5) is 9.75. The first-order valence-electron chi connectivity index (χ1n) is 12.1. The van der Waals surface area contributed by atoms with Gasteiger partial charge in [-0.1, -0.05) is 83.8 Å². The Bertz CT molecular complexity index is 511. The van der Waals surface area contributed by atoms with Gasteiger partial charge in [-0.2, -0.15) is 0 Å². The Morgan fingerprint density at radius 2 is 1.52 bits per heavy atom. The molecule has 0 aromatic heterocycles. The third kappa shape index (κ3) is 20.1. The van der Waals surface area contributed by atoms with Crippen LogP contribution >= 0.6 is 7.82 Å². The number of phosphoric ester groups is 1. The van der Waals surface area contributed by atoms with E-state index in [0.717, 1.165) is 6.42 Å². The van der Waals surface area contributed by atoms with Crippen LogP contribution in [-0.2, 0) is 13.6 Å². The molecule has 0 fully saturated rings. The summed E-state index contributed by atoms with van der Waals surface area (Å²) < 4.78 is 22.5. The van der Waals surface area contributed by atoms with Gasteiger partial charge in [0.25, 0.3) is 0 Å². The van der Waals surface area contributed by atoms with Gasteiger partial charge in [0.15, 0.2) is 0 Å². The number of nitrogens with zero attached hydrogens (tertiary/aromatic N) is 1. The van der Waals surface area contributed by atoms with Crippen molar-refractivity contribution in [2.24, 2.45) is 5.92 Å². The summed E-state index contributed by atoms with van der Waals surface area (Å²) in [6.45, 7) is 4.96. The van der Waals surface area contributed by atoms with E-state index in [4.69, 9.17) is 9.05 Å². The van der Waals surface area contributed by atoms with E-state index in [2.05, 4.69) is 19.6 Å². The highest BCUT2D eigenvalue weighted by molar-refractivity contribution is 7.47. The summed E-state index contributed by atoms with van der Waals surface area (Å²) >= 11 is 0. The number of aliphatic hydroxyl groups excluding tert-OH is 1. The molecule has 31 heavy (non-hydrogen) atoms. The zero-order chi connectivity index (χ0) is 23.8. The maximum atomic E-state index is 11.9. The van der Waals surface area contributed by atoms with Crippen molar-refractivity contribution in [2.45, 2.75) is 90.2 Å². The molecule has 186 valence electrons. The Morgan fingerprint density at radius 3 is 2.06 bits per heavy atom. The minimum absolute atomic E-state index is 0.123. The first-order chi connectivity index (χ1) is 14.5. The van der Waals surface area contributed by atoms with Crippen molar-refractivity contribution in [3.63, 3.8) is 0 Å². The van der Waals surface area contributed by atoms with Crippen LogP contribution in [-0.4, -0.2) is 67.5 Å². The summed E-state index contributed by atoms with van der Waals surface area (Å²) in [6.07, 6.45) is 15.9. The van der Waals surface area contributed by atoms with Crippen molar-refractivity contribution in [3.8, 4) is 0 Å². The number of hydrogen-bond acceptors (Lipinski definition) is 4. The maximum absolute atomic E-state index is 11.9. The number of rotatable bonds is 20. The van der Waals surface area contributed by atoms with Crippen LogP contribution in [0.4, 0.5) is 0 Å². The summed E-state index contributed by atoms with van der Waals surface area (Å²) in [5.74, 6) is 0.384. The first-order valence-corrected chi connectivity index (χ1v) is 13.6. The van der Waals surface area contributed by atoms with E-state index in [9.17, 15) is 14.6 Å². The van der Waals surface area contributed by atoms with Gasteiger partial charge in [0, 0.05) is 0 Å². The standard InChI is InChI=1S/C23H49N2O5P/c1-6-7-8-9-10-11-12-13-14-15-21(2)16-17-23(26)22(24)20-30-31(27,28)29-19-18-25(3,4)5/h16-17,21-23,26H,6-15,18-20,24H2,1-5H3/p+2. The molecule has 0 aliphatic carbocycles. The second-order valence-corrected chi connectivity index (χ2v) is 11.3. The Hall–Kier alpha value is -0.270. The summed E-state index contributed by atoms with van der Waals surface area (Å²) in [5, 5.41) is 10.2. The monoisotopic (exact) mass is 466 g/mol. The van der Waals surface area contributed by atoms with E-state index in [1.54, 1.807) is 6.08 Å². The zero-order valence-electron chi connectivity index (χ0n) is 20.8. The fraction of sp³-hybridized carbons (Fsp3) is 0.913. The molecule has 0 bridgehead atoms. The van der Waals surface area contributed by atoms with Crippen LogP contribution in [0.25, 0.3) is 0 Å². The third-order valence-corrected chi connectivity index (χ3v) is 6.34. The normalized spacial score (nSPS) is 17.5. The fourth-order valence-electron chi connectivity index (χ4n) is 3.09. The van der Waals surface area contributed by atoms with E-state index < -0.39 is 20.0 Å². The summed E-state index contributed by atoms with van der Waals surface area (Å²) in [5.41, 5.74) is 3.84. The molecule has 4 atom stereocenters. The highest BCUT2D eigenvalue weighted by Gasteiger charge is 2.26. The molecule has 0 aromatic rings. The average Bonchev–Trinajstić information content (AvgIpc) is 2.67. The van der Waals surface area contributed by atoms with Crippen LogP contribution in [0.3, 0.4) is 0 Å². The molecule has 0 spiro atoms. The predicted molar refractivity (Wildman–Crippen MR) is 127 cm³/mol. The largest absolute Gasteiger partial charge is 0.472 e. The Morgan fingerprint density at radius 1 is 0.968 bits per heavy atom. The molecule has 0 radical (unpaired) electrons. The first kappa shape index (κ1) is 30.7. The van der Waals surface area contributed by atoms with Crippen LogP contribution in [0.5, 0.6) is 0 Å². The van der Waals surface area contributed by atoms with Crippen LogP contribution < -0.4 is 5.73 Å². The predicted octanol–water partition coefficient (Wildman–Crippen LogP) is 3.91. The van der Waals surface area contributed by atoms with Gasteiger partial charge in [-0.3, -0.25) is 9.05 Å². The molecule has 0 aromatic carbocycles. The van der Waals surface area contributed by atoms with Crippen LogP contribution in [0.2, 0.25) is 0 Å². The lowest BCUT2D eigenvalue weighted by atomic mass is 10.00. The van der Waals surface area contributed by atoms with Gasteiger partial charge in [-0.15, -0.1) is 0 Å². The lowest BCUT2D eigenvalue weighted by molar-refractivity contribution is -0.870. The Kier molecular flexibility index (Phi) is 17.1. The smallest absolute Gasteiger partial charge is 0.383 e. The van der Waals surface area contributed by atoms with Gasteiger partial charge < -0.3 is 20.2 Å². The van der Waals surface area contributed by atoms with Crippen molar-refractivity contribution in [3.05, 3.63) is 12.2 Å². The van der Waals surface area contributed by atoms with Gasteiger partial charge in [0.1, 0.15) is 31.9 Å². The number of phosphoric acid groups is 1. The van der Waals surface area contributed by atoms with Crippen LogP contribution in [0.15, 0.2) is 12.2 Å². The summed E-state index contributed by atoms with van der Waals surface area (Å²) in [7, 11) is 1.78. The van der Waals surface area contributed by atoms with E-state index >= 15 is 0 Å². The van der Waals surface area contributed by atoms with E-state index in [1.165, 1.54) is 57.8 Å². The van der Waals surface area contributed by atoms with E-state index in [1.807, 2.05) is 27.2 Å². The molecule has 5 N–H and O–H groups in total. The molecule has 0 rings (SSSR count). The molecular formula is C23H51N2O5P+2. The van der Waals surface area contributed by atoms with Gasteiger partial charge >= 0.3 is 7.82 Å². The quantitative estimate of drug-likeness (QED) is 0.109. The van der Waals surface area contributed by atoms with Crippen molar-refractivity contribution >= 4 is 7.82 Å². The van der Waals surface area contributed by atoms with Crippen molar-refractivity contribution in [1.29, 1.82) is 0 Å².